The summed E-state index contributed by atoms with van der Waals surface area (Å²) in [5, 5.41) is 9.21. The van der Waals surface area contributed by atoms with Crippen LogP contribution in [0.4, 0.5) is 0 Å². The number of nitrogens with zero attached hydrogens (tertiary/aromatic N) is 1. The van der Waals surface area contributed by atoms with E-state index in [1.165, 1.54) is 7.11 Å². The number of unbranched alkanes of at least 4 members (excludes halogenated alkanes) is 1. The molecule has 0 saturated carbocycles. The predicted molar refractivity (Wildman–Crippen MR) is 102 cm³/mol. The van der Waals surface area contributed by atoms with Crippen LogP contribution in [-0.4, -0.2) is 55.5 Å². The standard InChI is InChI=1S/C21H27NO5/c1-22(2)20(25)11-6-4-5-8-16-9-7-10-17(14-16)19(24)13-12-18(15-23)21(26)27-3/h7,9-10,14,18,23H,4,6,11-13,15H2,1-3H3/t18-/m1/s1. The maximum Gasteiger partial charge on any atom is 0.311 e. The van der Waals surface area contributed by atoms with E-state index in [0.717, 1.165) is 5.56 Å². The number of ether oxygens (including phenoxy) is 1. The van der Waals surface area contributed by atoms with Crippen molar-refractivity contribution in [2.24, 2.45) is 5.92 Å². The first kappa shape index (κ1) is 22.4. The molecule has 0 radical (unpaired) electrons. The fraction of sp³-hybridized carbons (Fsp3) is 0.476. The zero-order valence-electron chi connectivity index (χ0n) is 16.2. The molecule has 0 aliphatic carbocycles. The second-order valence-electron chi connectivity index (χ2n) is 6.39. The lowest BCUT2D eigenvalue weighted by molar-refractivity contribution is -0.147. The molecule has 0 saturated heterocycles. The van der Waals surface area contributed by atoms with Crippen LogP contribution in [0.5, 0.6) is 0 Å². The molecule has 0 fully saturated rings. The summed E-state index contributed by atoms with van der Waals surface area (Å²) in [7, 11) is 4.71. The van der Waals surface area contributed by atoms with Crippen LogP contribution in [0, 0.1) is 17.8 Å². The van der Waals surface area contributed by atoms with Gasteiger partial charge in [-0.2, -0.15) is 0 Å². The summed E-state index contributed by atoms with van der Waals surface area (Å²) in [5.41, 5.74) is 1.25. The van der Waals surface area contributed by atoms with Crippen molar-refractivity contribution in [1.82, 2.24) is 4.90 Å². The molecule has 146 valence electrons. The van der Waals surface area contributed by atoms with Crippen LogP contribution in [0.25, 0.3) is 0 Å². The summed E-state index contributed by atoms with van der Waals surface area (Å²) in [5.74, 6) is 4.79. The van der Waals surface area contributed by atoms with Gasteiger partial charge in [0, 0.05) is 44.5 Å². The Labute approximate surface area is 160 Å². The third-order valence-electron chi connectivity index (χ3n) is 4.08. The number of ketones is 1. The Morgan fingerprint density at radius 2 is 1.96 bits per heavy atom. The number of carbonyl (C=O) groups is 3. The van der Waals surface area contributed by atoms with Crippen LogP contribution < -0.4 is 0 Å². The number of aliphatic hydroxyl groups is 1. The summed E-state index contributed by atoms with van der Waals surface area (Å²) in [4.78, 5) is 36.8. The highest BCUT2D eigenvalue weighted by Crippen LogP contribution is 2.13. The average molecular weight is 373 g/mol. The van der Waals surface area contributed by atoms with Crippen molar-refractivity contribution in [2.75, 3.05) is 27.8 Å². The lowest BCUT2D eigenvalue weighted by Gasteiger charge is -2.10. The van der Waals surface area contributed by atoms with Gasteiger partial charge in [-0.25, -0.2) is 0 Å². The number of benzene rings is 1. The Hall–Kier alpha value is -2.65. The van der Waals surface area contributed by atoms with E-state index in [4.69, 9.17) is 0 Å². The number of rotatable bonds is 9. The average Bonchev–Trinajstić information content (AvgIpc) is 2.67. The lowest BCUT2D eigenvalue weighted by atomic mass is 9.98. The minimum absolute atomic E-state index is 0.0810. The van der Waals surface area contributed by atoms with Crippen LogP contribution in [0.15, 0.2) is 24.3 Å². The van der Waals surface area contributed by atoms with Crippen LogP contribution in [0.3, 0.4) is 0 Å². The molecule has 0 unspecified atom stereocenters. The Morgan fingerprint density at radius 1 is 1.22 bits per heavy atom. The number of hydrogen-bond donors (Lipinski definition) is 1. The van der Waals surface area contributed by atoms with Crippen LogP contribution in [-0.2, 0) is 14.3 Å². The molecule has 0 aliphatic rings. The second kappa shape index (κ2) is 11.9. The van der Waals surface area contributed by atoms with Gasteiger partial charge in [-0.15, -0.1) is 0 Å². The highest BCUT2D eigenvalue weighted by Gasteiger charge is 2.19. The molecule has 27 heavy (non-hydrogen) atoms. The molecular weight excluding hydrogens is 346 g/mol. The van der Waals surface area contributed by atoms with Crippen molar-refractivity contribution in [3.63, 3.8) is 0 Å². The normalized spacial score (nSPS) is 11.1. The number of aliphatic hydroxyl groups excluding tert-OH is 1. The van der Waals surface area contributed by atoms with E-state index in [9.17, 15) is 19.5 Å². The zero-order chi connectivity index (χ0) is 20.2. The maximum absolute atomic E-state index is 12.3. The third kappa shape index (κ3) is 8.06. The number of methoxy groups -OCH3 is 1. The van der Waals surface area contributed by atoms with Crippen molar-refractivity contribution in [3.05, 3.63) is 35.4 Å². The molecule has 6 nitrogen and oxygen atoms in total. The van der Waals surface area contributed by atoms with Gasteiger partial charge < -0.3 is 14.7 Å². The van der Waals surface area contributed by atoms with Gasteiger partial charge >= 0.3 is 5.97 Å². The summed E-state index contributed by atoms with van der Waals surface area (Å²) in [6.45, 7) is -0.345. The largest absolute Gasteiger partial charge is 0.469 e. The van der Waals surface area contributed by atoms with Crippen molar-refractivity contribution in [3.8, 4) is 11.8 Å². The van der Waals surface area contributed by atoms with E-state index in [2.05, 4.69) is 16.6 Å². The molecule has 0 bridgehead atoms. The monoisotopic (exact) mass is 373 g/mol. The molecule has 0 heterocycles. The Kier molecular flexibility index (Phi) is 9.84. The number of Topliss-reactive ketones (excluding diaryl/α,β-unsaturated/α-hetero) is 1. The number of esters is 1. The van der Waals surface area contributed by atoms with Gasteiger partial charge in [0.2, 0.25) is 5.91 Å². The molecule has 1 amide bonds. The summed E-state index contributed by atoms with van der Waals surface area (Å²) >= 11 is 0. The Balaban J connectivity index is 2.58. The van der Waals surface area contributed by atoms with Crippen LogP contribution in [0.1, 0.15) is 48.0 Å². The van der Waals surface area contributed by atoms with E-state index in [-0.39, 0.29) is 31.1 Å². The SMILES string of the molecule is COC(=O)[C@@H](CO)CCC(=O)c1cccc(C#CCCCC(=O)N(C)C)c1. The highest BCUT2D eigenvalue weighted by molar-refractivity contribution is 5.96. The summed E-state index contributed by atoms with van der Waals surface area (Å²) < 4.78 is 4.60. The maximum atomic E-state index is 12.3. The molecule has 1 N–H and O–H groups in total. The minimum atomic E-state index is -0.688. The molecule has 1 atom stereocenters. The smallest absolute Gasteiger partial charge is 0.311 e. The molecule has 1 rings (SSSR count). The van der Waals surface area contributed by atoms with E-state index >= 15 is 0 Å². The zero-order valence-corrected chi connectivity index (χ0v) is 16.2. The minimum Gasteiger partial charge on any atom is -0.469 e. The summed E-state index contributed by atoms with van der Waals surface area (Å²) in [6, 6.07) is 7.00. The van der Waals surface area contributed by atoms with Gasteiger partial charge in [-0.1, -0.05) is 24.0 Å². The first-order valence-corrected chi connectivity index (χ1v) is 8.90. The van der Waals surface area contributed by atoms with E-state index in [0.29, 0.717) is 24.8 Å². The lowest BCUT2D eigenvalue weighted by Crippen LogP contribution is -2.21. The fourth-order valence-corrected chi connectivity index (χ4v) is 2.39. The molecular formula is C21H27NO5. The van der Waals surface area contributed by atoms with Crippen molar-refractivity contribution >= 4 is 17.7 Å². The molecule has 6 heteroatoms. The topological polar surface area (TPSA) is 83.9 Å². The van der Waals surface area contributed by atoms with Gasteiger partial charge in [-0.05, 0) is 25.0 Å². The first-order valence-electron chi connectivity index (χ1n) is 8.90. The van der Waals surface area contributed by atoms with E-state index in [1.807, 2.05) is 6.07 Å². The Morgan fingerprint density at radius 3 is 2.59 bits per heavy atom. The van der Waals surface area contributed by atoms with Gasteiger partial charge in [0.05, 0.1) is 19.6 Å². The molecule has 0 spiro atoms. The first-order chi connectivity index (χ1) is 12.9. The van der Waals surface area contributed by atoms with Crippen LogP contribution >= 0.6 is 0 Å². The van der Waals surface area contributed by atoms with Gasteiger partial charge in [0.15, 0.2) is 5.78 Å². The van der Waals surface area contributed by atoms with E-state index < -0.39 is 11.9 Å². The quantitative estimate of drug-likeness (QED) is 0.310. The predicted octanol–water partition coefficient (Wildman–Crippen LogP) is 2.04. The summed E-state index contributed by atoms with van der Waals surface area (Å²) in [6.07, 6.45) is 2.14. The van der Waals surface area contributed by atoms with Crippen molar-refractivity contribution in [2.45, 2.75) is 32.1 Å². The van der Waals surface area contributed by atoms with Gasteiger partial charge in [0.25, 0.3) is 0 Å². The van der Waals surface area contributed by atoms with Gasteiger partial charge in [0.1, 0.15) is 0 Å². The molecule has 1 aromatic carbocycles. The highest BCUT2D eigenvalue weighted by atomic mass is 16.5. The van der Waals surface area contributed by atoms with E-state index in [1.54, 1.807) is 37.2 Å². The Bertz CT molecular complexity index is 715. The number of carbonyl (C=O) groups excluding carboxylic acids is 3. The van der Waals surface area contributed by atoms with Crippen LogP contribution in [0.2, 0.25) is 0 Å². The third-order valence-corrected chi connectivity index (χ3v) is 4.08. The number of hydrogen-bond acceptors (Lipinski definition) is 5. The fourth-order valence-electron chi connectivity index (χ4n) is 2.39. The molecule has 0 aromatic heterocycles. The van der Waals surface area contributed by atoms with Gasteiger partial charge in [-0.3, -0.25) is 14.4 Å². The number of amides is 1. The van der Waals surface area contributed by atoms with Crippen molar-refractivity contribution < 1.29 is 24.2 Å². The second-order valence-corrected chi connectivity index (χ2v) is 6.39. The molecule has 1 aromatic rings. The molecule has 0 aliphatic heterocycles. The van der Waals surface area contributed by atoms with Crippen molar-refractivity contribution in [1.29, 1.82) is 0 Å².